The number of aromatic nitrogens is 1. The average molecular weight is 854 g/mol. The van der Waals surface area contributed by atoms with Crippen LogP contribution in [0.2, 0.25) is 0 Å². The highest BCUT2D eigenvalue weighted by Crippen LogP contribution is 2.45. The summed E-state index contributed by atoms with van der Waals surface area (Å²) in [6.07, 6.45) is 0. The number of hydrogen-bond donors (Lipinski definition) is 0. The van der Waals surface area contributed by atoms with Crippen LogP contribution in [0.5, 0.6) is 0 Å². The molecule has 13 aromatic rings. The largest absolute Gasteiger partial charge is 0.311 e. The molecule has 67 heavy (non-hydrogen) atoms. The Morgan fingerprint density at radius 3 is 1.27 bits per heavy atom. The Morgan fingerprint density at radius 1 is 0.239 bits per heavy atom. The third-order valence-electron chi connectivity index (χ3n) is 13.5. The van der Waals surface area contributed by atoms with Gasteiger partial charge in [-0.05, 0) is 163 Å². The summed E-state index contributed by atoms with van der Waals surface area (Å²) >= 11 is 0. The minimum atomic E-state index is 1.10. The van der Waals surface area contributed by atoms with Gasteiger partial charge < -0.3 is 14.4 Å². The molecule has 3 heteroatoms. The van der Waals surface area contributed by atoms with E-state index in [1.165, 1.54) is 76.0 Å². The van der Waals surface area contributed by atoms with Crippen molar-refractivity contribution >= 4 is 99.0 Å². The van der Waals surface area contributed by atoms with Crippen molar-refractivity contribution in [2.45, 2.75) is 0 Å². The van der Waals surface area contributed by atoms with E-state index in [4.69, 9.17) is 0 Å². The molecule has 0 bridgehead atoms. The second-order valence-electron chi connectivity index (χ2n) is 17.3. The Hall–Kier alpha value is -8.92. The molecule has 0 fully saturated rings. The fourth-order valence-corrected chi connectivity index (χ4v) is 10.5. The van der Waals surface area contributed by atoms with E-state index in [2.05, 4.69) is 275 Å². The van der Waals surface area contributed by atoms with Gasteiger partial charge in [0.15, 0.2) is 0 Å². The van der Waals surface area contributed by atoms with Crippen LogP contribution in [0.25, 0.3) is 81.7 Å². The van der Waals surface area contributed by atoms with Gasteiger partial charge in [-0.15, -0.1) is 0 Å². The number of benzene rings is 12. The van der Waals surface area contributed by atoms with Crippen LogP contribution < -0.4 is 9.80 Å². The first-order chi connectivity index (χ1) is 33.2. The summed E-state index contributed by atoms with van der Waals surface area (Å²) in [6.45, 7) is 0. The van der Waals surface area contributed by atoms with Gasteiger partial charge in [0.1, 0.15) is 0 Å². The highest BCUT2D eigenvalue weighted by molar-refractivity contribution is 6.31. The molecule has 3 nitrogen and oxygen atoms in total. The number of fused-ring (bicyclic) bond motifs is 11. The van der Waals surface area contributed by atoms with Crippen molar-refractivity contribution in [1.82, 2.24) is 4.57 Å². The van der Waals surface area contributed by atoms with Crippen LogP contribution >= 0.6 is 0 Å². The van der Waals surface area contributed by atoms with Crippen LogP contribution in [0.3, 0.4) is 0 Å². The molecule has 0 N–H and O–H groups in total. The summed E-state index contributed by atoms with van der Waals surface area (Å²) < 4.78 is 2.46. The Labute approximate surface area is 389 Å². The van der Waals surface area contributed by atoms with E-state index >= 15 is 0 Å². The quantitative estimate of drug-likeness (QED) is 0.111. The fraction of sp³-hybridized carbons (Fsp3) is 0. The number of nitrogens with zero attached hydrogens (tertiary/aromatic N) is 3. The lowest BCUT2D eigenvalue weighted by atomic mass is 9.91. The molecular formula is C64H43N3. The van der Waals surface area contributed by atoms with Crippen LogP contribution in [0, 0.1) is 0 Å². The van der Waals surface area contributed by atoms with Crippen LogP contribution in [0.1, 0.15) is 0 Å². The molecule has 314 valence electrons. The highest BCUT2D eigenvalue weighted by Gasteiger charge is 2.20. The number of hydrogen-bond acceptors (Lipinski definition) is 2. The fourth-order valence-electron chi connectivity index (χ4n) is 10.5. The Bertz CT molecular complexity index is 3860. The first-order valence-electron chi connectivity index (χ1n) is 23.0. The maximum absolute atomic E-state index is 2.48. The molecule has 0 aliphatic heterocycles. The average Bonchev–Trinajstić information content (AvgIpc) is 3.74. The summed E-state index contributed by atoms with van der Waals surface area (Å²) in [7, 11) is 0. The highest BCUT2D eigenvalue weighted by atomic mass is 15.1. The zero-order chi connectivity index (χ0) is 44.3. The number of anilines is 6. The Balaban J connectivity index is 1.04. The van der Waals surface area contributed by atoms with Gasteiger partial charge in [0.2, 0.25) is 0 Å². The first-order valence-corrected chi connectivity index (χ1v) is 23.0. The maximum atomic E-state index is 2.48. The van der Waals surface area contributed by atoms with E-state index in [1.54, 1.807) is 0 Å². The molecule has 0 unspecified atom stereocenters. The molecule has 1 heterocycles. The van der Waals surface area contributed by atoms with E-state index < -0.39 is 0 Å². The summed E-state index contributed by atoms with van der Waals surface area (Å²) in [6, 6.07) is 94.9. The lowest BCUT2D eigenvalue weighted by Gasteiger charge is -2.26. The normalized spacial score (nSPS) is 11.6. The summed E-state index contributed by atoms with van der Waals surface area (Å²) in [4.78, 5) is 4.67. The van der Waals surface area contributed by atoms with Gasteiger partial charge in [-0.25, -0.2) is 0 Å². The van der Waals surface area contributed by atoms with Crippen molar-refractivity contribution in [3.8, 4) is 16.8 Å². The second-order valence-corrected chi connectivity index (χ2v) is 17.3. The molecule has 0 aliphatic rings. The van der Waals surface area contributed by atoms with E-state index in [0.29, 0.717) is 0 Å². The predicted octanol–water partition coefficient (Wildman–Crippen LogP) is 18.0. The van der Waals surface area contributed by atoms with Crippen LogP contribution in [-0.2, 0) is 0 Å². The predicted molar refractivity (Wildman–Crippen MR) is 286 cm³/mol. The van der Waals surface area contributed by atoms with Gasteiger partial charge in [0.05, 0.1) is 11.0 Å². The third kappa shape index (κ3) is 6.51. The van der Waals surface area contributed by atoms with Crippen molar-refractivity contribution in [2.24, 2.45) is 0 Å². The molecule has 0 radical (unpaired) electrons. The van der Waals surface area contributed by atoms with Gasteiger partial charge >= 0.3 is 0 Å². The second kappa shape index (κ2) is 16.0. The maximum Gasteiger partial charge on any atom is 0.0547 e. The molecule has 13 rings (SSSR count). The van der Waals surface area contributed by atoms with Crippen LogP contribution in [-0.4, -0.2) is 4.57 Å². The van der Waals surface area contributed by atoms with Gasteiger partial charge in [-0.3, -0.25) is 0 Å². The molecule has 1 aromatic heterocycles. The first kappa shape index (κ1) is 38.5. The molecule has 0 saturated heterocycles. The topological polar surface area (TPSA) is 11.4 Å². The van der Waals surface area contributed by atoms with Crippen molar-refractivity contribution in [1.29, 1.82) is 0 Å². The van der Waals surface area contributed by atoms with Crippen molar-refractivity contribution in [3.63, 3.8) is 0 Å². The molecule has 0 spiro atoms. The van der Waals surface area contributed by atoms with Crippen molar-refractivity contribution in [2.75, 3.05) is 9.80 Å². The summed E-state index contributed by atoms with van der Waals surface area (Å²) in [5.41, 5.74) is 12.6. The molecule has 0 amide bonds. The lowest BCUT2D eigenvalue weighted by Crippen LogP contribution is -2.09. The van der Waals surface area contributed by atoms with Gasteiger partial charge in [0, 0.05) is 50.6 Å². The minimum absolute atomic E-state index is 1.10. The van der Waals surface area contributed by atoms with Gasteiger partial charge in [-0.2, -0.15) is 0 Å². The van der Waals surface area contributed by atoms with Gasteiger partial charge in [-0.1, -0.05) is 152 Å². The zero-order valence-electron chi connectivity index (χ0n) is 36.7. The van der Waals surface area contributed by atoms with Crippen LogP contribution in [0.15, 0.2) is 261 Å². The number of rotatable bonds is 8. The van der Waals surface area contributed by atoms with E-state index in [-0.39, 0.29) is 0 Å². The van der Waals surface area contributed by atoms with Crippen molar-refractivity contribution in [3.05, 3.63) is 261 Å². The summed E-state index contributed by atoms with van der Waals surface area (Å²) in [5.74, 6) is 0. The van der Waals surface area contributed by atoms with Crippen LogP contribution in [0.4, 0.5) is 34.1 Å². The molecule has 12 aromatic carbocycles. The van der Waals surface area contributed by atoms with E-state index in [1.807, 2.05) is 0 Å². The number of para-hydroxylation sites is 4. The Kier molecular flexibility index (Phi) is 9.17. The smallest absolute Gasteiger partial charge is 0.0547 e. The third-order valence-corrected chi connectivity index (χ3v) is 13.5. The molecule has 0 atom stereocenters. The lowest BCUT2D eigenvalue weighted by molar-refractivity contribution is 1.17. The zero-order valence-corrected chi connectivity index (χ0v) is 36.7. The summed E-state index contributed by atoms with van der Waals surface area (Å²) in [5, 5.41) is 12.4. The monoisotopic (exact) mass is 853 g/mol. The van der Waals surface area contributed by atoms with Crippen molar-refractivity contribution < 1.29 is 0 Å². The van der Waals surface area contributed by atoms with Gasteiger partial charge in [0.25, 0.3) is 0 Å². The molecule has 0 saturated carbocycles. The molecule has 0 aliphatic carbocycles. The van der Waals surface area contributed by atoms with E-state index in [9.17, 15) is 0 Å². The van der Waals surface area contributed by atoms with E-state index in [0.717, 1.165) is 39.8 Å². The standard InChI is InChI=1S/C64H43N3/c1-6-18-44(19-7-1)45-30-37-57-63(41-45)67(52-34-32-51(33-35-52)65(47-20-8-2-9-21-47)48-22-10-3-11-23-48)62-39-31-46-40-59-54-28-16-17-29-55(54)60-42-53(36-38-56(60)61(59)43-58(46)64(57)62)66(49-24-12-4-13-25-49)50-26-14-5-15-27-50/h1-43H. The Morgan fingerprint density at radius 2 is 0.687 bits per heavy atom. The SMILES string of the molecule is c1ccc(-c2ccc3c4c5cc6c7ccc(N(c8ccccc8)c8ccccc8)cc7c7ccccc7c6cc5ccc4n(-c4ccc(N(c5ccccc5)c5ccccc5)cc4)c3c2)cc1. The minimum Gasteiger partial charge on any atom is -0.311 e. The molecular weight excluding hydrogens is 811 g/mol.